The molecule has 4 atom stereocenters. The van der Waals surface area contributed by atoms with E-state index >= 15 is 0 Å². The number of carbonyl (C=O) groups is 1. The van der Waals surface area contributed by atoms with Crippen molar-refractivity contribution in [1.29, 1.82) is 0 Å². The number of piperidine rings is 1. The molecule has 2 aliphatic rings. The van der Waals surface area contributed by atoms with E-state index in [1.165, 1.54) is 24.8 Å². The van der Waals surface area contributed by atoms with Crippen LogP contribution in [-0.2, 0) is 9.53 Å². The van der Waals surface area contributed by atoms with Crippen LogP contribution in [0.1, 0.15) is 30.1 Å². The molecule has 0 aromatic carbocycles. The molecule has 5 heteroatoms. The van der Waals surface area contributed by atoms with Crippen LogP contribution < -0.4 is 0 Å². The molecule has 3 nitrogen and oxygen atoms in total. The minimum absolute atomic E-state index is 0. The van der Waals surface area contributed by atoms with E-state index in [0.717, 1.165) is 6.42 Å². The molecule has 0 saturated carbocycles. The Morgan fingerprint density at radius 2 is 2.26 bits per heavy atom. The molecule has 2 fully saturated rings. The Morgan fingerprint density at radius 1 is 1.47 bits per heavy atom. The number of fused-ring (bicyclic) bond motifs is 2. The number of thiophene rings is 1. The lowest BCUT2D eigenvalue weighted by atomic mass is 9.79. The van der Waals surface area contributed by atoms with Crippen molar-refractivity contribution in [3.8, 4) is 0 Å². The first-order valence-corrected chi connectivity index (χ1v) is 7.43. The average molecular weight is 302 g/mol. The summed E-state index contributed by atoms with van der Waals surface area (Å²) in [6.45, 7) is 0. The Morgan fingerprint density at radius 3 is 2.89 bits per heavy atom. The van der Waals surface area contributed by atoms with Gasteiger partial charge in [-0.05, 0) is 37.8 Å². The number of ether oxygens (including phenoxy) is 1. The number of halogens is 1. The summed E-state index contributed by atoms with van der Waals surface area (Å²) in [5.74, 6) is 0.335. The molecule has 106 valence electrons. The molecule has 0 spiro atoms. The normalized spacial score (nSPS) is 33.8. The van der Waals surface area contributed by atoms with E-state index in [-0.39, 0.29) is 24.3 Å². The van der Waals surface area contributed by atoms with E-state index in [1.54, 1.807) is 11.3 Å². The molecular weight excluding hydrogens is 282 g/mol. The Balaban J connectivity index is 0.00000133. The largest absolute Gasteiger partial charge is 0.469 e. The first-order chi connectivity index (χ1) is 8.72. The molecule has 2 saturated heterocycles. The lowest BCUT2D eigenvalue weighted by Gasteiger charge is -2.41. The molecule has 1 aromatic heterocycles. The predicted molar refractivity (Wildman–Crippen MR) is 79.0 cm³/mol. The zero-order chi connectivity index (χ0) is 12.7. The molecular formula is C14H20ClNO2S. The fourth-order valence-corrected chi connectivity index (χ4v) is 4.68. The highest BCUT2D eigenvalue weighted by molar-refractivity contribution is 7.10. The summed E-state index contributed by atoms with van der Waals surface area (Å²) in [5, 5.41) is 2.10. The van der Waals surface area contributed by atoms with Crippen molar-refractivity contribution < 1.29 is 9.53 Å². The van der Waals surface area contributed by atoms with Crippen LogP contribution >= 0.6 is 23.7 Å². The summed E-state index contributed by atoms with van der Waals surface area (Å²) >= 11 is 1.77. The number of hydrogen-bond acceptors (Lipinski definition) is 4. The van der Waals surface area contributed by atoms with Crippen molar-refractivity contribution in [3.05, 3.63) is 22.4 Å². The maximum Gasteiger partial charge on any atom is 0.309 e. The van der Waals surface area contributed by atoms with Crippen molar-refractivity contribution in [3.63, 3.8) is 0 Å². The maximum atomic E-state index is 12.1. The minimum atomic E-state index is -0.0293. The molecule has 3 rings (SSSR count). The van der Waals surface area contributed by atoms with Crippen LogP contribution in [0.5, 0.6) is 0 Å². The number of methoxy groups -OCH3 is 1. The van der Waals surface area contributed by atoms with Gasteiger partial charge in [0.25, 0.3) is 0 Å². The van der Waals surface area contributed by atoms with Gasteiger partial charge in [-0.3, -0.25) is 9.69 Å². The van der Waals surface area contributed by atoms with Crippen molar-refractivity contribution in [1.82, 2.24) is 4.90 Å². The fourth-order valence-electron chi connectivity index (χ4n) is 3.73. The van der Waals surface area contributed by atoms with Crippen molar-refractivity contribution >= 4 is 29.7 Å². The van der Waals surface area contributed by atoms with Crippen molar-refractivity contribution in [2.45, 2.75) is 37.3 Å². The number of nitrogens with zero attached hydrogens (tertiary/aromatic N) is 1. The lowest BCUT2D eigenvalue weighted by molar-refractivity contribution is -0.149. The highest BCUT2D eigenvalue weighted by Crippen LogP contribution is 2.47. The molecule has 0 N–H and O–H groups in total. The highest BCUT2D eigenvalue weighted by Gasteiger charge is 2.49. The third kappa shape index (κ3) is 2.41. The monoisotopic (exact) mass is 301 g/mol. The van der Waals surface area contributed by atoms with Gasteiger partial charge in [-0.15, -0.1) is 23.7 Å². The third-order valence-corrected chi connectivity index (χ3v) is 5.62. The number of likely N-dealkylation sites (N-methyl/N-ethyl adjacent to an activating group) is 1. The van der Waals surface area contributed by atoms with Crippen LogP contribution in [0.4, 0.5) is 0 Å². The summed E-state index contributed by atoms with van der Waals surface area (Å²) in [6.07, 6.45) is 3.37. The van der Waals surface area contributed by atoms with Gasteiger partial charge in [-0.25, -0.2) is 0 Å². The summed E-state index contributed by atoms with van der Waals surface area (Å²) in [5.41, 5.74) is 0. The number of carbonyl (C=O) groups excluding carboxylic acids is 1. The summed E-state index contributed by atoms with van der Waals surface area (Å²) in [4.78, 5) is 15.9. The van der Waals surface area contributed by atoms with Gasteiger partial charge < -0.3 is 4.74 Å². The average Bonchev–Trinajstić information content (AvgIpc) is 2.97. The molecule has 2 bridgehead atoms. The Labute approximate surface area is 124 Å². The Hall–Kier alpha value is -0.580. The van der Waals surface area contributed by atoms with Crippen LogP contribution in [0.25, 0.3) is 0 Å². The van der Waals surface area contributed by atoms with Crippen LogP contribution in [0, 0.1) is 5.92 Å². The van der Waals surface area contributed by atoms with Crippen LogP contribution in [-0.4, -0.2) is 37.1 Å². The van der Waals surface area contributed by atoms with E-state index in [2.05, 4.69) is 29.5 Å². The van der Waals surface area contributed by atoms with E-state index in [0.29, 0.717) is 18.0 Å². The standard InChI is InChI=1S/C14H19NO2S.ClH/c1-15-9-5-6-11(15)13(12-4-3-7-18-12)10(8-9)14(16)17-2;/h3-4,7,9-11,13H,5-6,8H2,1-2H3;1H/t9?,10?,11-,13?;/m1./s1. The van der Waals surface area contributed by atoms with Gasteiger partial charge in [0.1, 0.15) is 0 Å². The van der Waals surface area contributed by atoms with E-state index in [4.69, 9.17) is 4.74 Å². The van der Waals surface area contributed by atoms with Crippen LogP contribution in [0.3, 0.4) is 0 Å². The number of hydrogen-bond donors (Lipinski definition) is 0. The minimum Gasteiger partial charge on any atom is -0.469 e. The van der Waals surface area contributed by atoms with Crippen molar-refractivity contribution in [2.75, 3.05) is 14.2 Å². The molecule has 3 unspecified atom stereocenters. The summed E-state index contributed by atoms with van der Waals surface area (Å²) in [6, 6.07) is 5.31. The summed E-state index contributed by atoms with van der Waals surface area (Å²) < 4.78 is 5.02. The van der Waals surface area contributed by atoms with E-state index < -0.39 is 0 Å². The lowest BCUT2D eigenvalue weighted by Crippen LogP contribution is -2.47. The second-order valence-electron chi connectivity index (χ2n) is 5.37. The molecule has 19 heavy (non-hydrogen) atoms. The van der Waals surface area contributed by atoms with E-state index in [9.17, 15) is 4.79 Å². The quantitative estimate of drug-likeness (QED) is 0.787. The molecule has 0 radical (unpaired) electrons. The highest BCUT2D eigenvalue weighted by atomic mass is 35.5. The Kier molecular flexibility index (Phi) is 4.54. The number of rotatable bonds is 2. The Bertz CT molecular complexity index is 437. The van der Waals surface area contributed by atoms with Gasteiger partial charge in [-0.1, -0.05) is 6.07 Å². The van der Waals surface area contributed by atoms with Crippen LogP contribution in [0.2, 0.25) is 0 Å². The van der Waals surface area contributed by atoms with Gasteiger partial charge in [-0.2, -0.15) is 0 Å². The predicted octanol–water partition coefficient (Wildman–Crippen LogP) is 2.91. The van der Waals surface area contributed by atoms with Crippen LogP contribution in [0.15, 0.2) is 17.5 Å². The first kappa shape index (κ1) is 14.8. The first-order valence-electron chi connectivity index (χ1n) is 6.55. The van der Waals surface area contributed by atoms with E-state index in [1.807, 2.05) is 0 Å². The third-order valence-electron chi connectivity index (χ3n) is 4.64. The second kappa shape index (κ2) is 5.81. The van der Waals surface area contributed by atoms with Crippen molar-refractivity contribution in [2.24, 2.45) is 5.92 Å². The molecule has 2 aliphatic heterocycles. The SMILES string of the molecule is COC(=O)C1CC2CC[C@H](C1c1cccs1)N2C.Cl. The van der Waals surface area contributed by atoms with Gasteiger partial charge in [0, 0.05) is 22.9 Å². The topological polar surface area (TPSA) is 29.5 Å². The molecule has 0 amide bonds. The maximum absolute atomic E-state index is 12.1. The zero-order valence-electron chi connectivity index (χ0n) is 11.2. The van der Waals surface area contributed by atoms with Gasteiger partial charge >= 0.3 is 5.97 Å². The number of esters is 1. The molecule has 0 aliphatic carbocycles. The second-order valence-corrected chi connectivity index (χ2v) is 6.35. The van der Waals surface area contributed by atoms with Gasteiger partial charge in [0.2, 0.25) is 0 Å². The zero-order valence-corrected chi connectivity index (χ0v) is 12.9. The summed E-state index contributed by atoms with van der Waals surface area (Å²) in [7, 11) is 3.71. The smallest absolute Gasteiger partial charge is 0.309 e. The fraction of sp³-hybridized carbons (Fsp3) is 0.643. The van der Waals surface area contributed by atoms with Gasteiger partial charge in [0.05, 0.1) is 13.0 Å². The molecule has 3 heterocycles. The molecule has 1 aromatic rings. The van der Waals surface area contributed by atoms with Gasteiger partial charge in [0.15, 0.2) is 0 Å².